The minimum Gasteiger partial charge on any atom is -0.460 e. The second-order valence-corrected chi connectivity index (χ2v) is 3.83. The topological polar surface area (TPSA) is 105 Å². The monoisotopic (exact) mass is 240 g/mol. The van der Waals surface area contributed by atoms with Crippen LogP contribution in [-0.4, -0.2) is 23.6 Å². The van der Waals surface area contributed by atoms with E-state index >= 15 is 0 Å². The molecular formula is C8H17ClN2O4. The standard InChI is InChI=1S/C8H16N2O4.ClH/c1-8(2,3)13-6(11)4-5(9)7(12)14-10;/h5H,4,9-10H2,1-3H3;1H/t5-;/m0./s1. The zero-order valence-electron chi connectivity index (χ0n) is 8.98. The van der Waals surface area contributed by atoms with Gasteiger partial charge in [0, 0.05) is 0 Å². The van der Waals surface area contributed by atoms with Gasteiger partial charge in [-0.25, -0.2) is 4.79 Å². The highest BCUT2D eigenvalue weighted by Gasteiger charge is 2.23. The van der Waals surface area contributed by atoms with Crippen molar-refractivity contribution < 1.29 is 19.2 Å². The molecule has 0 aromatic heterocycles. The summed E-state index contributed by atoms with van der Waals surface area (Å²) in [7, 11) is 0. The van der Waals surface area contributed by atoms with Crippen LogP contribution in [0.1, 0.15) is 27.2 Å². The molecule has 0 spiro atoms. The Balaban J connectivity index is 0. The summed E-state index contributed by atoms with van der Waals surface area (Å²) in [6, 6.07) is -1.07. The molecule has 0 fully saturated rings. The Morgan fingerprint density at radius 1 is 1.33 bits per heavy atom. The Labute approximate surface area is 94.6 Å². The Hall–Kier alpha value is -0.850. The van der Waals surface area contributed by atoms with Crippen LogP contribution < -0.4 is 11.6 Å². The minimum atomic E-state index is -1.07. The molecule has 0 rings (SSSR count). The van der Waals surface area contributed by atoms with Gasteiger partial charge in [0.05, 0.1) is 6.42 Å². The van der Waals surface area contributed by atoms with Gasteiger partial charge in [0.1, 0.15) is 11.6 Å². The van der Waals surface area contributed by atoms with Crippen molar-refractivity contribution in [3.63, 3.8) is 0 Å². The number of rotatable bonds is 3. The highest BCUT2D eigenvalue weighted by Crippen LogP contribution is 2.08. The van der Waals surface area contributed by atoms with E-state index in [0.717, 1.165) is 0 Å². The lowest BCUT2D eigenvalue weighted by molar-refractivity contribution is -0.159. The maximum atomic E-state index is 11.1. The summed E-state index contributed by atoms with van der Waals surface area (Å²) in [6.07, 6.45) is -0.243. The van der Waals surface area contributed by atoms with Gasteiger partial charge in [0.15, 0.2) is 0 Å². The fourth-order valence-corrected chi connectivity index (χ4v) is 0.733. The maximum absolute atomic E-state index is 11.1. The number of nitrogens with two attached hydrogens (primary N) is 2. The maximum Gasteiger partial charge on any atom is 0.341 e. The molecule has 0 aromatic rings. The molecule has 15 heavy (non-hydrogen) atoms. The summed E-state index contributed by atoms with van der Waals surface area (Å²) < 4.78 is 4.94. The van der Waals surface area contributed by atoms with Crippen molar-refractivity contribution in [2.24, 2.45) is 11.6 Å². The van der Waals surface area contributed by atoms with Crippen LogP contribution in [-0.2, 0) is 19.2 Å². The molecule has 0 amide bonds. The van der Waals surface area contributed by atoms with Crippen molar-refractivity contribution in [3.05, 3.63) is 0 Å². The molecular weight excluding hydrogens is 224 g/mol. The molecule has 0 heterocycles. The van der Waals surface area contributed by atoms with Gasteiger partial charge in [0.25, 0.3) is 0 Å². The van der Waals surface area contributed by atoms with Crippen LogP contribution in [0, 0.1) is 0 Å². The number of ether oxygens (including phenoxy) is 1. The fourth-order valence-electron chi connectivity index (χ4n) is 0.733. The van der Waals surface area contributed by atoms with E-state index in [9.17, 15) is 9.59 Å². The molecule has 7 heteroatoms. The Morgan fingerprint density at radius 3 is 2.13 bits per heavy atom. The van der Waals surface area contributed by atoms with E-state index in [4.69, 9.17) is 10.5 Å². The summed E-state index contributed by atoms with van der Waals surface area (Å²) >= 11 is 0. The first-order valence-corrected chi connectivity index (χ1v) is 4.14. The van der Waals surface area contributed by atoms with Crippen LogP contribution in [0.5, 0.6) is 0 Å². The van der Waals surface area contributed by atoms with Crippen LogP contribution in [0.25, 0.3) is 0 Å². The number of carbonyl (C=O) groups is 2. The van der Waals surface area contributed by atoms with Gasteiger partial charge in [-0.05, 0) is 20.8 Å². The summed E-state index contributed by atoms with van der Waals surface area (Å²) in [5, 5.41) is 0. The molecule has 6 nitrogen and oxygen atoms in total. The molecule has 0 aromatic carbocycles. The minimum absolute atomic E-state index is 0. The summed E-state index contributed by atoms with van der Waals surface area (Å²) in [5.74, 6) is 3.20. The molecule has 90 valence electrons. The fraction of sp³-hybridized carbons (Fsp3) is 0.750. The van der Waals surface area contributed by atoms with Crippen molar-refractivity contribution in [2.75, 3.05) is 0 Å². The Kier molecular flexibility index (Phi) is 7.29. The molecule has 0 radical (unpaired) electrons. The van der Waals surface area contributed by atoms with Gasteiger partial charge in [-0.15, -0.1) is 12.4 Å². The third-order valence-electron chi connectivity index (χ3n) is 1.23. The smallest absolute Gasteiger partial charge is 0.341 e. The summed E-state index contributed by atoms with van der Waals surface area (Å²) in [4.78, 5) is 25.7. The molecule has 0 aliphatic rings. The van der Waals surface area contributed by atoms with Gasteiger partial charge >= 0.3 is 11.9 Å². The van der Waals surface area contributed by atoms with Crippen LogP contribution in [0.15, 0.2) is 0 Å². The number of hydrogen-bond donors (Lipinski definition) is 2. The van der Waals surface area contributed by atoms with E-state index in [1.807, 2.05) is 0 Å². The molecule has 4 N–H and O–H groups in total. The molecule has 0 bridgehead atoms. The second kappa shape index (κ2) is 6.60. The zero-order valence-corrected chi connectivity index (χ0v) is 9.80. The van der Waals surface area contributed by atoms with E-state index in [2.05, 4.69) is 10.7 Å². The Bertz CT molecular complexity index is 227. The van der Waals surface area contributed by atoms with E-state index in [1.54, 1.807) is 20.8 Å². The van der Waals surface area contributed by atoms with E-state index in [-0.39, 0.29) is 18.8 Å². The van der Waals surface area contributed by atoms with Crippen molar-refractivity contribution in [3.8, 4) is 0 Å². The molecule has 0 aliphatic heterocycles. The number of esters is 1. The predicted octanol–water partition coefficient (Wildman–Crippen LogP) is -0.116. The molecule has 0 saturated carbocycles. The van der Waals surface area contributed by atoms with Gasteiger partial charge in [-0.2, -0.15) is 5.90 Å². The van der Waals surface area contributed by atoms with Crippen molar-refractivity contribution in [1.29, 1.82) is 0 Å². The lowest BCUT2D eigenvalue weighted by Gasteiger charge is -2.20. The van der Waals surface area contributed by atoms with Crippen molar-refractivity contribution >= 4 is 24.3 Å². The molecule has 0 saturated heterocycles. The zero-order chi connectivity index (χ0) is 11.4. The average Bonchev–Trinajstić information content (AvgIpc) is 1.99. The lowest BCUT2D eigenvalue weighted by Crippen LogP contribution is -2.37. The van der Waals surface area contributed by atoms with Crippen LogP contribution in [0.3, 0.4) is 0 Å². The first-order valence-electron chi connectivity index (χ1n) is 4.14. The normalized spacial score (nSPS) is 12.3. The van der Waals surface area contributed by atoms with Gasteiger partial charge in [0.2, 0.25) is 0 Å². The third kappa shape index (κ3) is 8.17. The molecule has 0 aliphatic carbocycles. The largest absolute Gasteiger partial charge is 0.460 e. The first kappa shape index (κ1) is 16.6. The molecule has 1 atom stereocenters. The highest BCUT2D eigenvalue weighted by atomic mass is 35.5. The van der Waals surface area contributed by atoms with Crippen LogP contribution >= 0.6 is 12.4 Å². The first-order chi connectivity index (χ1) is 6.26. The van der Waals surface area contributed by atoms with Crippen molar-refractivity contribution in [1.82, 2.24) is 0 Å². The molecule has 0 unspecified atom stereocenters. The van der Waals surface area contributed by atoms with Gasteiger partial charge < -0.3 is 15.3 Å². The number of carbonyl (C=O) groups excluding carboxylic acids is 2. The Morgan fingerprint density at radius 2 is 1.80 bits per heavy atom. The lowest BCUT2D eigenvalue weighted by atomic mass is 10.2. The number of hydrogen-bond acceptors (Lipinski definition) is 6. The highest BCUT2D eigenvalue weighted by molar-refractivity contribution is 5.85. The van der Waals surface area contributed by atoms with E-state index in [0.29, 0.717) is 0 Å². The summed E-state index contributed by atoms with van der Waals surface area (Å²) in [6.45, 7) is 5.16. The second-order valence-electron chi connectivity index (χ2n) is 3.83. The predicted molar refractivity (Wildman–Crippen MR) is 56.0 cm³/mol. The van der Waals surface area contributed by atoms with Crippen molar-refractivity contribution in [2.45, 2.75) is 38.8 Å². The van der Waals surface area contributed by atoms with Crippen LogP contribution in [0.4, 0.5) is 0 Å². The SMILES string of the molecule is CC(C)(C)OC(=O)C[C@H](N)C(=O)ON.Cl. The third-order valence-corrected chi connectivity index (χ3v) is 1.23. The van der Waals surface area contributed by atoms with Gasteiger partial charge in [-0.1, -0.05) is 0 Å². The van der Waals surface area contributed by atoms with E-state index < -0.39 is 23.6 Å². The van der Waals surface area contributed by atoms with E-state index in [1.165, 1.54) is 0 Å². The average molecular weight is 241 g/mol. The number of halogens is 1. The quantitative estimate of drug-likeness (QED) is 0.527. The summed E-state index contributed by atoms with van der Waals surface area (Å²) in [5.41, 5.74) is 4.70. The van der Waals surface area contributed by atoms with Gasteiger partial charge in [-0.3, -0.25) is 4.79 Å². The van der Waals surface area contributed by atoms with Crippen LogP contribution in [0.2, 0.25) is 0 Å².